The molecule has 0 saturated carbocycles. The van der Waals surface area contributed by atoms with Crippen molar-refractivity contribution in [3.8, 4) is 0 Å². The van der Waals surface area contributed by atoms with Crippen LogP contribution in [0.2, 0.25) is 0 Å². The van der Waals surface area contributed by atoms with Crippen LogP contribution in [0, 0.1) is 12.3 Å². The van der Waals surface area contributed by atoms with Crippen LogP contribution in [0.1, 0.15) is 44.9 Å². The predicted molar refractivity (Wildman–Crippen MR) is 85.8 cm³/mol. The number of aliphatic hydroxyl groups is 1. The van der Waals surface area contributed by atoms with E-state index in [2.05, 4.69) is 0 Å². The minimum absolute atomic E-state index is 0.115. The number of amides is 1. The van der Waals surface area contributed by atoms with E-state index in [1.165, 1.54) is 0 Å². The summed E-state index contributed by atoms with van der Waals surface area (Å²) in [6.45, 7) is 10.5. The Kier molecular flexibility index (Phi) is 5.93. The summed E-state index contributed by atoms with van der Waals surface area (Å²) < 4.78 is 0. The molecule has 0 aliphatic carbocycles. The molecule has 118 valence electrons. The molecule has 2 atom stereocenters. The van der Waals surface area contributed by atoms with Crippen molar-refractivity contribution in [3.05, 3.63) is 35.4 Å². The highest BCUT2D eigenvalue weighted by Crippen LogP contribution is 2.21. The highest BCUT2D eigenvalue weighted by atomic mass is 16.3. The van der Waals surface area contributed by atoms with Crippen molar-refractivity contribution in [3.63, 3.8) is 0 Å². The number of nitrogens with zero attached hydrogens (tertiary/aromatic N) is 1. The lowest BCUT2D eigenvalue weighted by Crippen LogP contribution is -2.51. The largest absolute Gasteiger partial charge is 0.387 e. The summed E-state index contributed by atoms with van der Waals surface area (Å²) in [6, 6.07) is 7.13. The molecule has 1 aromatic rings. The first-order valence-electron chi connectivity index (χ1n) is 7.45. The molecule has 0 bridgehead atoms. The fourth-order valence-electron chi connectivity index (χ4n) is 2.04. The lowest BCUT2D eigenvalue weighted by atomic mass is 9.86. The minimum Gasteiger partial charge on any atom is -0.387 e. The molecule has 0 aliphatic rings. The third-order valence-electron chi connectivity index (χ3n) is 3.75. The Bertz CT molecular complexity index is 463. The van der Waals surface area contributed by atoms with Gasteiger partial charge < -0.3 is 15.7 Å². The van der Waals surface area contributed by atoms with E-state index in [4.69, 9.17) is 5.73 Å². The van der Waals surface area contributed by atoms with Crippen LogP contribution in [-0.2, 0) is 4.79 Å². The van der Waals surface area contributed by atoms with Gasteiger partial charge in [-0.25, -0.2) is 0 Å². The van der Waals surface area contributed by atoms with Crippen molar-refractivity contribution in [2.75, 3.05) is 13.1 Å². The first-order valence-corrected chi connectivity index (χ1v) is 7.45. The molecule has 0 fully saturated rings. The Hall–Kier alpha value is -1.39. The number of carbonyl (C=O) groups excluding carboxylic acids is 1. The van der Waals surface area contributed by atoms with Crippen LogP contribution in [0.15, 0.2) is 24.3 Å². The van der Waals surface area contributed by atoms with E-state index in [9.17, 15) is 9.90 Å². The van der Waals surface area contributed by atoms with Crippen LogP contribution in [-0.4, -0.2) is 35.0 Å². The van der Waals surface area contributed by atoms with E-state index >= 15 is 0 Å². The van der Waals surface area contributed by atoms with Gasteiger partial charge in [0, 0.05) is 6.54 Å². The van der Waals surface area contributed by atoms with Crippen molar-refractivity contribution in [2.45, 2.75) is 46.8 Å². The Morgan fingerprint density at radius 2 is 1.81 bits per heavy atom. The zero-order valence-corrected chi connectivity index (χ0v) is 13.8. The van der Waals surface area contributed by atoms with Gasteiger partial charge in [0.1, 0.15) is 0 Å². The van der Waals surface area contributed by atoms with Gasteiger partial charge in [0.15, 0.2) is 0 Å². The molecule has 3 N–H and O–H groups in total. The van der Waals surface area contributed by atoms with Crippen LogP contribution >= 0.6 is 0 Å². The quantitative estimate of drug-likeness (QED) is 0.874. The third kappa shape index (κ3) is 4.83. The lowest BCUT2D eigenvalue weighted by molar-refractivity contribution is -0.136. The first-order chi connectivity index (χ1) is 9.66. The standard InChI is InChI=1S/C17H28N2O2/c1-6-19(16(21)15(18)17(3,4)5)11-14(20)13-9-7-12(2)8-10-13/h7-10,14-15,20H,6,11,18H2,1-5H3. The summed E-state index contributed by atoms with van der Waals surface area (Å²) in [5.74, 6) is -0.115. The summed E-state index contributed by atoms with van der Waals surface area (Å²) in [4.78, 5) is 14.1. The SMILES string of the molecule is CCN(CC(O)c1ccc(C)cc1)C(=O)C(N)C(C)(C)C. The zero-order valence-electron chi connectivity index (χ0n) is 13.8. The Balaban J connectivity index is 2.77. The molecule has 1 rings (SSSR count). The summed E-state index contributed by atoms with van der Waals surface area (Å²) in [7, 11) is 0. The average Bonchev–Trinajstić information content (AvgIpc) is 2.42. The van der Waals surface area contributed by atoms with Gasteiger partial charge in [-0.05, 0) is 24.8 Å². The number of rotatable bonds is 5. The van der Waals surface area contributed by atoms with Crippen LogP contribution in [0.3, 0.4) is 0 Å². The molecular formula is C17H28N2O2. The fourth-order valence-corrected chi connectivity index (χ4v) is 2.04. The summed E-state index contributed by atoms with van der Waals surface area (Å²) in [6.07, 6.45) is -0.693. The Labute approximate surface area is 128 Å². The number of benzene rings is 1. The van der Waals surface area contributed by atoms with Gasteiger partial charge >= 0.3 is 0 Å². The van der Waals surface area contributed by atoms with E-state index in [1.54, 1.807) is 4.90 Å². The van der Waals surface area contributed by atoms with Gasteiger partial charge in [0.2, 0.25) is 5.91 Å². The van der Waals surface area contributed by atoms with Crippen LogP contribution in [0.5, 0.6) is 0 Å². The zero-order chi connectivity index (χ0) is 16.2. The maximum absolute atomic E-state index is 12.4. The molecule has 0 aromatic heterocycles. The van der Waals surface area contributed by atoms with E-state index < -0.39 is 12.1 Å². The molecule has 1 aromatic carbocycles. The summed E-state index contributed by atoms with van der Waals surface area (Å²) >= 11 is 0. The van der Waals surface area contributed by atoms with E-state index in [-0.39, 0.29) is 17.9 Å². The Morgan fingerprint density at radius 1 is 1.29 bits per heavy atom. The van der Waals surface area contributed by atoms with Gasteiger partial charge in [0.25, 0.3) is 0 Å². The molecule has 4 heteroatoms. The molecule has 4 nitrogen and oxygen atoms in total. The first kappa shape index (κ1) is 17.7. The van der Waals surface area contributed by atoms with Crippen molar-refractivity contribution in [1.29, 1.82) is 0 Å². The fraction of sp³-hybridized carbons (Fsp3) is 0.588. The number of nitrogens with two attached hydrogens (primary N) is 1. The smallest absolute Gasteiger partial charge is 0.240 e. The van der Waals surface area contributed by atoms with Gasteiger partial charge in [-0.3, -0.25) is 4.79 Å². The van der Waals surface area contributed by atoms with Crippen molar-refractivity contribution in [2.24, 2.45) is 11.1 Å². The van der Waals surface area contributed by atoms with Crippen LogP contribution in [0.25, 0.3) is 0 Å². The van der Waals surface area contributed by atoms with Crippen molar-refractivity contribution in [1.82, 2.24) is 4.90 Å². The Morgan fingerprint density at radius 3 is 2.24 bits per heavy atom. The molecule has 0 saturated heterocycles. The third-order valence-corrected chi connectivity index (χ3v) is 3.75. The van der Waals surface area contributed by atoms with E-state index in [0.29, 0.717) is 6.54 Å². The molecular weight excluding hydrogens is 264 g/mol. The number of likely N-dealkylation sites (N-methyl/N-ethyl adjacent to an activating group) is 1. The molecule has 0 aliphatic heterocycles. The lowest BCUT2D eigenvalue weighted by Gasteiger charge is -2.32. The van der Waals surface area contributed by atoms with Crippen LogP contribution in [0.4, 0.5) is 0 Å². The maximum atomic E-state index is 12.4. The highest BCUT2D eigenvalue weighted by Gasteiger charge is 2.31. The predicted octanol–water partition coefficient (Wildman–Crippen LogP) is 2.25. The van der Waals surface area contributed by atoms with Gasteiger partial charge in [0.05, 0.1) is 18.7 Å². The molecule has 2 unspecified atom stereocenters. The number of aryl methyl sites for hydroxylation is 1. The maximum Gasteiger partial charge on any atom is 0.240 e. The van der Waals surface area contributed by atoms with Crippen molar-refractivity contribution < 1.29 is 9.90 Å². The number of hydrogen-bond donors (Lipinski definition) is 2. The summed E-state index contributed by atoms with van der Waals surface area (Å²) in [5, 5.41) is 10.3. The second-order valence-electron chi connectivity index (χ2n) is 6.65. The van der Waals surface area contributed by atoms with Gasteiger partial charge in [-0.15, -0.1) is 0 Å². The highest BCUT2D eigenvalue weighted by molar-refractivity contribution is 5.82. The van der Waals surface area contributed by atoms with Gasteiger partial charge in [-0.1, -0.05) is 50.6 Å². The van der Waals surface area contributed by atoms with E-state index in [0.717, 1.165) is 11.1 Å². The topological polar surface area (TPSA) is 66.6 Å². The number of aliphatic hydroxyl groups excluding tert-OH is 1. The normalized spacial score (nSPS) is 14.6. The number of carbonyl (C=O) groups is 1. The second kappa shape index (κ2) is 7.05. The van der Waals surface area contributed by atoms with Crippen molar-refractivity contribution >= 4 is 5.91 Å². The van der Waals surface area contributed by atoms with Crippen LogP contribution < -0.4 is 5.73 Å². The molecule has 0 radical (unpaired) electrons. The molecule has 0 spiro atoms. The number of hydrogen-bond acceptors (Lipinski definition) is 3. The molecule has 21 heavy (non-hydrogen) atoms. The average molecular weight is 292 g/mol. The molecule has 0 heterocycles. The monoisotopic (exact) mass is 292 g/mol. The van der Waals surface area contributed by atoms with E-state index in [1.807, 2.05) is 58.9 Å². The minimum atomic E-state index is -0.693. The summed E-state index contributed by atoms with van der Waals surface area (Å²) in [5.41, 5.74) is 7.70. The van der Waals surface area contributed by atoms with Gasteiger partial charge in [-0.2, -0.15) is 0 Å². The molecule has 1 amide bonds. The second-order valence-corrected chi connectivity index (χ2v) is 6.65.